The van der Waals surface area contributed by atoms with E-state index in [1.165, 1.54) is 6.42 Å². The smallest absolute Gasteiger partial charge is 0.133 e. The Hall–Kier alpha value is -0.720. The Morgan fingerprint density at radius 3 is 2.86 bits per heavy atom. The summed E-state index contributed by atoms with van der Waals surface area (Å²) in [6.07, 6.45) is 3.23. The Labute approximate surface area is 134 Å². The van der Waals surface area contributed by atoms with Crippen LogP contribution in [0.1, 0.15) is 25.6 Å². The summed E-state index contributed by atoms with van der Waals surface area (Å²) in [7, 11) is 0. The molecule has 2 aliphatic rings. The van der Waals surface area contributed by atoms with Crippen LogP contribution in [-0.4, -0.2) is 60.3 Å². The summed E-state index contributed by atoms with van der Waals surface area (Å²) in [5.41, 5.74) is 0. The van der Waals surface area contributed by atoms with Gasteiger partial charge in [0, 0.05) is 44.7 Å². The van der Waals surface area contributed by atoms with Crippen molar-refractivity contribution in [3.63, 3.8) is 0 Å². The summed E-state index contributed by atoms with van der Waals surface area (Å²) in [4.78, 5) is 14.1. The molecule has 0 bridgehead atoms. The molecule has 0 aromatic carbocycles. The summed E-state index contributed by atoms with van der Waals surface area (Å²) in [6.45, 7) is 8.17. The Kier molecular flexibility index (Phi) is 5.08. The van der Waals surface area contributed by atoms with Crippen LogP contribution in [0.15, 0.2) is 10.7 Å². The molecule has 0 amide bonds. The summed E-state index contributed by atoms with van der Waals surface area (Å²) in [5, 5.41) is 0. The highest BCUT2D eigenvalue weighted by molar-refractivity contribution is 9.10. The quantitative estimate of drug-likeness (QED) is 0.774. The van der Waals surface area contributed by atoms with Crippen LogP contribution in [-0.2, 0) is 11.2 Å². The molecule has 1 aromatic heterocycles. The van der Waals surface area contributed by atoms with Crippen molar-refractivity contribution in [2.24, 2.45) is 0 Å². The van der Waals surface area contributed by atoms with Gasteiger partial charge in [-0.2, -0.15) is 0 Å². The van der Waals surface area contributed by atoms with Crippen molar-refractivity contribution in [3.05, 3.63) is 16.5 Å². The van der Waals surface area contributed by atoms with Gasteiger partial charge in [0.1, 0.15) is 16.2 Å². The Morgan fingerprint density at radius 1 is 1.29 bits per heavy atom. The van der Waals surface area contributed by atoms with Gasteiger partial charge in [0.15, 0.2) is 0 Å². The van der Waals surface area contributed by atoms with Crippen molar-refractivity contribution in [3.8, 4) is 0 Å². The van der Waals surface area contributed by atoms with Crippen molar-refractivity contribution < 1.29 is 4.74 Å². The number of anilines is 1. The van der Waals surface area contributed by atoms with Crippen LogP contribution in [0.3, 0.4) is 0 Å². The number of aromatic nitrogens is 2. The second-order valence-electron chi connectivity index (χ2n) is 5.75. The van der Waals surface area contributed by atoms with Crippen LogP contribution in [0.5, 0.6) is 0 Å². The summed E-state index contributed by atoms with van der Waals surface area (Å²) >= 11 is 3.52. The van der Waals surface area contributed by atoms with Crippen molar-refractivity contribution >= 4 is 21.7 Å². The molecule has 2 aliphatic heterocycles. The molecule has 2 saturated heterocycles. The van der Waals surface area contributed by atoms with Gasteiger partial charge in [-0.1, -0.05) is 6.92 Å². The zero-order valence-corrected chi connectivity index (χ0v) is 14.2. The molecule has 3 heterocycles. The SMILES string of the molecule is CCCc1nc(Br)cc(N2CCC(N3CCOCC3)C2)n1. The lowest BCUT2D eigenvalue weighted by Crippen LogP contribution is -2.44. The zero-order chi connectivity index (χ0) is 14.7. The van der Waals surface area contributed by atoms with Gasteiger partial charge in [0.25, 0.3) is 0 Å². The van der Waals surface area contributed by atoms with Gasteiger partial charge in [-0.3, -0.25) is 4.90 Å². The Balaban J connectivity index is 1.67. The average molecular weight is 355 g/mol. The van der Waals surface area contributed by atoms with Gasteiger partial charge in [-0.05, 0) is 28.8 Å². The molecule has 5 nitrogen and oxygen atoms in total. The molecule has 21 heavy (non-hydrogen) atoms. The number of morpholine rings is 1. The van der Waals surface area contributed by atoms with Gasteiger partial charge in [0.2, 0.25) is 0 Å². The van der Waals surface area contributed by atoms with E-state index >= 15 is 0 Å². The molecule has 0 spiro atoms. The number of halogens is 1. The lowest BCUT2D eigenvalue weighted by molar-refractivity contribution is 0.0209. The fourth-order valence-corrected chi connectivity index (χ4v) is 3.55. The number of hydrogen-bond donors (Lipinski definition) is 0. The van der Waals surface area contributed by atoms with Gasteiger partial charge in [-0.15, -0.1) is 0 Å². The van der Waals surface area contributed by atoms with E-state index in [-0.39, 0.29) is 0 Å². The standard InChI is InChI=1S/C15H23BrN4O/c1-2-3-14-17-13(16)10-15(18-14)20-5-4-12(11-20)19-6-8-21-9-7-19/h10,12H,2-9,11H2,1H3. The molecule has 0 radical (unpaired) electrons. The van der Waals surface area contributed by atoms with Crippen LogP contribution in [0.2, 0.25) is 0 Å². The third-order valence-electron chi connectivity index (χ3n) is 4.25. The lowest BCUT2D eigenvalue weighted by atomic mass is 10.2. The van der Waals surface area contributed by atoms with Gasteiger partial charge >= 0.3 is 0 Å². The molecule has 2 fully saturated rings. The largest absolute Gasteiger partial charge is 0.379 e. The first kappa shape index (κ1) is 15.2. The number of rotatable bonds is 4. The Bertz CT molecular complexity index is 479. The monoisotopic (exact) mass is 354 g/mol. The first-order valence-electron chi connectivity index (χ1n) is 7.86. The minimum Gasteiger partial charge on any atom is -0.379 e. The molecule has 0 N–H and O–H groups in total. The molecule has 6 heteroatoms. The average Bonchev–Trinajstić information content (AvgIpc) is 2.98. The fourth-order valence-electron chi connectivity index (χ4n) is 3.14. The number of aryl methyl sites for hydroxylation is 1. The minimum atomic E-state index is 0.636. The molecule has 0 aliphatic carbocycles. The number of ether oxygens (including phenoxy) is 1. The summed E-state index contributed by atoms with van der Waals surface area (Å²) < 4.78 is 6.34. The van der Waals surface area contributed by atoms with Crippen LogP contribution in [0.4, 0.5) is 5.82 Å². The zero-order valence-electron chi connectivity index (χ0n) is 12.6. The van der Waals surface area contributed by atoms with E-state index in [1.807, 2.05) is 6.07 Å². The Morgan fingerprint density at radius 2 is 2.10 bits per heavy atom. The lowest BCUT2D eigenvalue weighted by Gasteiger charge is -2.32. The predicted octanol–water partition coefficient (Wildman–Crippen LogP) is 2.10. The maximum atomic E-state index is 5.45. The first-order chi connectivity index (χ1) is 10.3. The second kappa shape index (κ2) is 7.03. The van der Waals surface area contributed by atoms with Gasteiger partial charge in [-0.25, -0.2) is 9.97 Å². The van der Waals surface area contributed by atoms with Crippen molar-refractivity contribution in [1.29, 1.82) is 0 Å². The molecule has 1 aromatic rings. The van der Waals surface area contributed by atoms with E-state index in [0.717, 1.165) is 68.5 Å². The molecular weight excluding hydrogens is 332 g/mol. The number of hydrogen-bond acceptors (Lipinski definition) is 5. The first-order valence-corrected chi connectivity index (χ1v) is 8.65. The molecule has 0 saturated carbocycles. The van der Waals surface area contributed by atoms with Crippen molar-refractivity contribution in [2.75, 3.05) is 44.3 Å². The highest BCUT2D eigenvalue weighted by Crippen LogP contribution is 2.24. The fraction of sp³-hybridized carbons (Fsp3) is 0.733. The molecule has 3 rings (SSSR count). The maximum absolute atomic E-state index is 5.45. The van der Waals surface area contributed by atoms with Gasteiger partial charge in [0.05, 0.1) is 13.2 Å². The summed E-state index contributed by atoms with van der Waals surface area (Å²) in [5.74, 6) is 2.01. The van der Waals surface area contributed by atoms with Crippen molar-refractivity contribution in [2.45, 2.75) is 32.2 Å². The van der Waals surface area contributed by atoms with E-state index in [2.05, 4.69) is 37.6 Å². The molecular formula is C15H23BrN4O. The molecule has 1 atom stereocenters. The topological polar surface area (TPSA) is 41.5 Å². The minimum absolute atomic E-state index is 0.636. The second-order valence-corrected chi connectivity index (χ2v) is 6.56. The third kappa shape index (κ3) is 3.73. The van der Waals surface area contributed by atoms with Crippen LogP contribution < -0.4 is 4.90 Å². The number of nitrogens with zero attached hydrogens (tertiary/aromatic N) is 4. The van der Waals surface area contributed by atoms with E-state index < -0.39 is 0 Å². The van der Waals surface area contributed by atoms with Crippen LogP contribution in [0.25, 0.3) is 0 Å². The van der Waals surface area contributed by atoms with Crippen LogP contribution in [0, 0.1) is 0 Å². The maximum Gasteiger partial charge on any atom is 0.133 e. The molecule has 116 valence electrons. The predicted molar refractivity (Wildman–Crippen MR) is 86.7 cm³/mol. The highest BCUT2D eigenvalue weighted by Gasteiger charge is 2.29. The normalized spacial score (nSPS) is 23.7. The van der Waals surface area contributed by atoms with E-state index in [9.17, 15) is 0 Å². The van der Waals surface area contributed by atoms with E-state index in [1.54, 1.807) is 0 Å². The molecule has 1 unspecified atom stereocenters. The van der Waals surface area contributed by atoms with Gasteiger partial charge < -0.3 is 9.64 Å². The van der Waals surface area contributed by atoms with Crippen molar-refractivity contribution in [1.82, 2.24) is 14.9 Å². The van der Waals surface area contributed by atoms with Crippen LogP contribution >= 0.6 is 15.9 Å². The van der Waals surface area contributed by atoms with E-state index in [0.29, 0.717) is 6.04 Å². The van der Waals surface area contributed by atoms with E-state index in [4.69, 9.17) is 9.72 Å². The third-order valence-corrected chi connectivity index (χ3v) is 4.66. The summed E-state index contributed by atoms with van der Waals surface area (Å²) in [6, 6.07) is 2.68. The highest BCUT2D eigenvalue weighted by atomic mass is 79.9.